The number of ketones is 4. The van der Waals surface area contributed by atoms with Crippen molar-refractivity contribution in [3.8, 4) is 0 Å². The van der Waals surface area contributed by atoms with Gasteiger partial charge < -0.3 is 24.9 Å². The highest BCUT2D eigenvalue weighted by Gasteiger charge is 2.14. The molecule has 22 heteroatoms. The molecule has 0 aliphatic heterocycles. The van der Waals surface area contributed by atoms with Gasteiger partial charge in [-0.3, -0.25) is 38.4 Å². The van der Waals surface area contributed by atoms with Crippen molar-refractivity contribution < 1.29 is 19.2 Å². The summed E-state index contributed by atoms with van der Waals surface area (Å²) in [6.45, 7) is 4.20. The number of aromatic amines is 5. The zero-order valence-electron chi connectivity index (χ0n) is 50.6. The van der Waals surface area contributed by atoms with E-state index in [1.165, 1.54) is 71.9 Å². The van der Waals surface area contributed by atoms with E-state index < -0.39 is 0 Å². The van der Waals surface area contributed by atoms with Crippen LogP contribution in [0.4, 0.5) is 0 Å². The summed E-state index contributed by atoms with van der Waals surface area (Å²) in [5.41, 5.74) is 6.80. The molecule has 0 saturated heterocycles. The number of carbonyl (C=O) groups excluding carboxylic acids is 4. The molecule has 0 bridgehead atoms. The van der Waals surface area contributed by atoms with Gasteiger partial charge in [-0.2, -0.15) is 0 Å². The van der Waals surface area contributed by atoms with Crippen molar-refractivity contribution in [3.63, 3.8) is 0 Å². The second kappa shape index (κ2) is 34.2. The fourth-order valence-corrected chi connectivity index (χ4v) is 12.3. The highest BCUT2D eigenvalue weighted by Crippen LogP contribution is 2.21. The Morgan fingerprint density at radius 2 is 0.696 bits per heavy atom. The van der Waals surface area contributed by atoms with Crippen LogP contribution in [0.5, 0.6) is 0 Å². The molecule has 0 aliphatic carbocycles. The minimum atomic E-state index is -0.196. The minimum absolute atomic E-state index is 0.0138. The van der Waals surface area contributed by atoms with E-state index in [9.17, 15) is 38.4 Å². The highest BCUT2D eigenvalue weighted by molar-refractivity contribution is 8.00. The molecule has 0 spiro atoms. The molecule has 0 unspecified atom stereocenters. The number of aromatic nitrogens is 10. The first-order valence-electron chi connectivity index (χ1n) is 29.8. The first-order chi connectivity index (χ1) is 44.7. The Kier molecular flexibility index (Phi) is 24.9. The molecule has 7 aromatic carbocycles. The molecule has 18 nitrogen and oxygen atoms in total. The van der Waals surface area contributed by atoms with Gasteiger partial charge in [0, 0.05) is 19.3 Å². The van der Waals surface area contributed by atoms with Crippen molar-refractivity contribution >= 4 is 125 Å². The summed E-state index contributed by atoms with van der Waals surface area (Å²) >= 11 is 5.06. The van der Waals surface area contributed by atoms with Gasteiger partial charge in [-0.1, -0.05) is 200 Å². The Labute approximate surface area is 545 Å². The number of hydrogen-bond donors (Lipinski definition) is 5. The standard InChI is InChI=1S/C18H14N4O2S.C18H16N2O2S.C17H14N2O2S.C17H22N2O2S/c23-11(9-16-19-14-7-3-4-8-15(14)20-16)10-25-18-21-13-6-2-1-5-12(13)17(24)22-18;1-12-6-8-13(9-7-12)10-14(21)11-23-18-19-16-5-3-2-4-15(16)17(22)20-18;20-13(10-12-6-2-1-3-7-12)11-22-17-18-15-9-5-4-8-14(15)16(21)19-17;1-2-3-4-5-6-9-13(20)12-22-17-18-15-11-8-7-10-14(15)16(21)19-17/h1-8H,9-10H2,(H,19,20)(H,21,22,24);2-9H,10-11H2,1H3,(H,19,20,22);1-9H,10-11H2,(H,18,19,21);7-8,10-11H,2-6,9,12H2,1H3,(H,18,19,21). The van der Waals surface area contributed by atoms with Gasteiger partial charge in [0.2, 0.25) is 0 Å². The number of nitrogens with one attached hydrogen (secondary N) is 5. The Bertz CT molecular complexity index is 4730. The average Bonchev–Trinajstić information content (AvgIpc) is 2.79. The van der Waals surface area contributed by atoms with Crippen LogP contribution in [0.1, 0.15) is 68.0 Å². The monoisotopic (exact) mass is 1300 g/mol. The van der Waals surface area contributed by atoms with E-state index >= 15 is 0 Å². The summed E-state index contributed by atoms with van der Waals surface area (Å²) in [6.07, 6.45) is 7.37. The normalized spacial score (nSPS) is 10.9. The lowest BCUT2D eigenvalue weighted by Gasteiger charge is -2.03. The number of hydrogen-bond acceptors (Lipinski definition) is 17. The van der Waals surface area contributed by atoms with Crippen LogP contribution in [-0.4, -0.2) is 96.0 Å². The molecule has 0 fully saturated rings. The summed E-state index contributed by atoms with van der Waals surface area (Å²) < 4.78 is 0. The fourth-order valence-electron chi connectivity index (χ4n) is 9.31. The third-order valence-electron chi connectivity index (χ3n) is 14.0. The van der Waals surface area contributed by atoms with Gasteiger partial charge in [0.1, 0.15) is 23.2 Å². The molecule has 12 rings (SSSR count). The predicted octanol–water partition coefficient (Wildman–Crippen LogP) is 12.6. The number of benzene rings is 7. The van der Waals surface area contributed by atoms with Gasteiger partial charge in [0.15, 0.2) is 26.4 Å². The summed E-state index contributed by atoms with van der Waals surface area (Å²) in [4.78, 5) is 132. The van der Waals surface area contributed by atoms with Crippen LogP contribution in [0.3, 0.4) is 0 Å². The lowest BCUT2D eigenvalue weighted by atomic mass is 10.1. The zero-order valence-corrected chi connectivity index (χ0v) is 53.8. The van der Waals surface area contributed by atoms with E-state index in [0.29, 0.717) is 95.1 Å². The quantitative estimate of drug-likeness (QED) is 0.0213. The number of para-hydroxylation sites is 6. The highest BCUT2D eigenvalue weighted by atomic mass is 32.2. The number of carbonyl (C=O) groups is 4. The van der Waals surface area contributed by atoms with Gasteiger partial charge in [-0.15, -0.1) is 0 Å². The molecule has 0 atom stereocenters. The van der Waals surface area contributed by atoms with E-state index in [1.54, 1.807) is 60.7 Å². The molecule has 5 heterocycles. The molecule has 468 valence electrons. The summed E-state index contributed by atoms with van der Waals surface area (Å²) in [6, 6.07) is 53.9. The number of fused-ring (bicyclic) bond motifs is 5. The third kappa shape index (κ3) is 20.3. The lowest BCUT2D eigenvalue weighted by Crippen LogP contribution is -2.11. The van der Waals surface area contributed by atoms with Gasteiger partial charge in [-0.25, -0.2) is 24.9 Å². The van der Waals surface area contributed by atoms with E-state index in [4.69, 9.17) is 0 Å². The van der Waals surface area contributed by atoms with E-state index in [2.05, 4.69) is 56.8 Å². The molecule has 0 radical (unpaired) electrons. The van der Waals surface area contributed by atoms with Crippen LogP contribution in [0.25, 0.3) is 54.6 Å². The van der Waals surface area contributed by atoms with Crippen LogP contribution in [0, 0.1) is 6.92 Å². The number of aryl methyl sites for hydroxylation is 1. The molecule has 0 aliphatic rings. The van der Waals surface area contributed by atoms with Crippen molar-refractivity contribution in [1.29, 1.82) is 0 Å². The SMILES string of the molecule is CCCCCCCC(=O)CSc1nc2ccccc2c(=O)[nH]1.Cc1ccc(CC(=O)CSc2nc3ccccc3c(=O)[nH]2)cc1.O=C(CSc1nc2ccccc2c(=O)[nH]1)Cc1ccccc1.O=C(CSc1nc2ccccc2c(=O)[nH]1)Cc1nc2ccccc2[nH]1. The molecule has 5 N–H and O–H groups in total. The first-order valence-corrected chi connectivity index (χ1v) is 33.7. The van der Waals surface area contributed by atoms with Gasteiger partial charge in [0.25, 0.3) is 22.2 Å². The number of imidazole rings is 1. The molecular formula is C70H66N10O8S4. The zero-order chi connectivity index (χ0) is 64.6. The van der Waals surface area contributed by atoms with E-state index in [-0.39, 0.29) is 69.0 Å². The maximum Gasteiger partial charge on any atom is 0.259 e. The van der Waals surface area contributed by atoms with Gasteiger partial charge in [-0.05, 0) is 85.1 Å². The molecule has 12 aromatic rings. The Balaban J connectivity index is 0.000000145. The van der Waals surface area contributed by atoms with Crippen LogP contribution in [-0.2, 0) is 38.4 Å². The van der Waals surface area contributed by atoms with Gasteiger partial charge >= 0.3 is 0 Å². The molecule has 5 aromatic heterocycles. The average molecular weight is 1300 g/mol. The van der Waals surface area contributed by atoms with E-state index in [1.807, 2.05) is 122 Å². The fraction of sp³-hybridized carbons (Fsp3) is 0.214. The van der Waals surface area contributed by atoms with Crippen molar-refractivity contribution in [1.82, 2.24) is 49.8 Å². The van der Waals surface area contributed by atoms with Crippen LogP contribution in [0.15, 0.2) is 216 Å². The maximum absolute atomic E-state index is 12.2. The summed E-state index contributed by atoms with van der Waals surface area (Å²) in [5.74, 6) is 2.25. The smallest absolute Gasteiger partial charge is 0.259 e. The first kappa shape index (κ1) is 67.1. The third-order valence-corrected chi connectivity index (χ3v) is 17.7. The minimum Gasteiger partial charge on any atom is -0.342 e. The Hall–Kier alpha value is -9.35. The van der Waals surface area contributed by atoms with Crippen molar-refractivity contribution in [3.05, 3.63) is 240 Å². The Morgan fingerprint density at radius 3 is 1.11 bits per heavy atom. The summed E-state index contributed by atoms with van der Waals surface area (Å²) in [7, 11) is 0. The number of thioether (sulfide) groups is 4. The molecule has 0 saturated carbocycles. The second-order valence-corrected chi connectivity index (χ2v) is 25.1. The largest absolute Gasteiger partial charge is 0.342 e. The molecule has 0 amide bonds. The topological polar surface area (TPSA) is 280 Å². The van der Waals surface area contributed by atoms with Crippen molar-refractivity contribution in [2.45, 2.75) is 92.3 Å². The van der Waals surface area contributed by atoms with Crippen molar-refractivity contribution in [2.75, 3.05) is 23.0 Å². The molecule has 92 heavy (non-hydrogen) atoms. The number of unbranched alkanes of at least 4 members (excludes halogenated alkanes) is 4. The van der Waals surface area contributed by atoms with Crippen LogP contribution < -0.4 is 22.2 Å². The van der Waals surface area contributed by atoms with Crippen LogP contribution in [0.2, 0.25) is 0 Å². The number of Topliss-reactive ketones (excluding diaryl/α,β-unsaturated/α-hetero) is 4. The maximum atomic E-state index is 12.2. The van der Waals surface area contributed by atoms with Gasteiger partial charge in [0.05, 0.1) is 84.1 Å². The predicted molar refractivity (Wildman–Crippen MR) is 371 cm³/mol. The second-order valence-electron chi connectivity index (χ2n) is 21.2. The van der Waals surface area contributed by atoms with Crippen molar-refractivity contribution in [2.24, 2.45) is 0 Å². The lowest BCUT2D eigenvalue weighted by molar-refractivity contribution is -0.117. The number of rotatable bonds is 24. The number of H-pyrrole nitrogens is 5. The summed E-state index contributed by atoms with van der Waals surface area (Å²) in [5, 5.41) is 4.15. The Morgan fingerprint density at radius 1 is 0.348 bits per heavy atom. The number of nitrogens with zero attached hydrogens (tertiary/aromatic N) is 5. The molecular weight excluding hydrogens is 1240 g/mol. The van der Waals surface area contributed by atoms with E-state index in [0.717, 1.165) is 35.0 Å². The van der Waals surface area contributed by atoms with Crippen LogP contribution >= 0.6 is 47.0 Å².